The standard InChI is InChI=1S/C17H28N2/c1-4-17(10-6-7-11-17)16(18-5-2)12-15-9-8-14(3)13-19-15/h8-9,13,16,18H,4-7,10-12H2,1-3H3. The van der Waals surface area contributed by atoms with Gasteiger partial charge in [-0.3, -0.25) is 4.98 Å². The van der Waals surface area contributed by atoms with Crippen molar-refractivity contribution in [3.05, 3.63) is 29.6 Å². The molecule has 0 spiro atoms. The molecule has 2 heteroatoms. The minimum absolute atomic E-state index is 0.503. The molecule has 1 heterocycles. The maximum absolute atomic E-state index is 4.60. The van der Waals surface area contributed by atoms with Gasteiger partial charge in [-0.2, -0.15) is 0 Å². The molecule has 1 saturated carbocycles. The third-order valence-corrected chi connectivity index (χ3v) is 4.88. The highest BCUT2D eigenvalue weighted by Crippen LogP contribution is 2.44. The van der Waals surface area contributed by atoms with E-state index in [1.807, 2.05) is 6.20 Å². The summed E-state index contributed by atoms with van der Waals surface area (Å²) in [5.41, 5.74) is 2.98. The van der Waals surface area contributed by atoms with Crippen LogP contribution < -0.4 is 5.32 Å². The molecule has 0 saturated heterocycles. The fourth-order valence-electron chi connectivity index (χ4n) is 3.61. The van der Waals surface area contributed by atoms with E-state index < -0.39 is 0 Å². The van der Waals surface area contributed by atoms with E-state index in [4.69, 9.17) is 0 Å². The molecule has 1 aliphatic carbocycles. The van der Waals surface area contributed by atoms with Gasteiger partial charge in [0, 0.05) is 24.4 Å². The second kappa shape index (κ2) is 6.51. The first-order valence-electron chi connectivity index (χ1n) is 7.85. The minimum Gasteiger partial charge on any atom is -0.313 e. The fraction of sp³-hybridized carbons (Fsp3) is 0.706. The summed E-state index contributed by atoms with van der Waals surface area (Å²) in [5.74, 6) is 0. The number of hydrogen-bond acceptors (Lipinski definition) is 2. The number of likely N-dealkylation sites (N-methyl/N-ethyl adjacent to an activating group) is 1. The number of aromatic nitrogens is 1. The van der Waals surface area contributed by atoms with Crippen LogP contribution in [-0.2, 0) is 6.42 Å². The highest BCUT2D eigenvalue weighted by molar-refractivity contribution is 5.14. The lowest BCUT2D eigenvalue weighted by Crippen LogP contribution is -2.45. The first-order chi connectivity index (χ1) is 9.20. The summed E-state index contributed by atoms with van der Waals surface area (Å²) in [7, 11) is 0. The Kier molecular flexibility index (Phi) is 4.98. The van der Waals surface area contributed by atoms with E-state index in [1.165, 1.54) is 43.4 Å². The number of nitrogens with one attached hydrogen (secondary N) is 1. The lowest BCUT2D eigenvalue weighted by Gasteiger charge is -2.37. The van der Waals surface area contributed by atoms with Crippen LogP contribution in [0.1, 0.15) is 57.2 Å². The molecule has 1 aliphatic rings. The lowest BCUT2D eigenvalue weighted by molar-refractivity contribution is 0.185. The summed E-state index contributed by atoms with van der Waals surface area (Å²) in [6, 6.07) is 4.96. The molecule has 2 nitrogen and oxygen atoms in total. The van der Waals surface area contributed by atoms with Crippen LogP contribution in [-0.4, -0.2) is 17.6 Å². The van der Waals surface area contributed by atoms with Crippen LogP contribution in [0.25, 0.3) is 0 Å². The van der Waals surface area contributed by atoms with Gasteiger partial charge in [0.15, 0.2) is 0 Å². The molecule has 0 amide bonds. The van der Waals surface area contributed by atoms with E-state index in [0.29, 0.717) is 11.5 Å². The molecule has 0 aliphatic heterocycles. The second-order valence-electron chi connectivity index (χ2n) is 6.06. The van der Waals surface area contributed by atoms with E-state index in [2.05, 4.69) is 43.2 Å². The molecule has 2 rings (SSSR count). The summed E-state index contributed by atoms with van der Waals surface area (Å²) >= 11 is 0. The summed E-state index contributed by atoms with van der Waals surface area (Å²) in [5, 5.41) is 3.74. The maximum atomic E-state index is 4.60. The Labute approximate surface area is 118 Å². The Morgan fingerprint density at radius 1 is 1.26 bits per heavy atom. The monoisotopic (exact) mass is 260 g/mol. The van der Waals surface area contributed by atoms with Gasteiger partial charge in [-0.05, 0) is 49.8 Å². The van der Waals surface area contributed by atoms with Gasteiger partial charge in [0.05, 0.1) is 0 Å². The lowest BCUT2D eigenvalue weighted by atomic mass is 9.74. The molecule has 1 unspecified atom stereocenters. The van der Waals surface area contributed by atoms with Crippen molar-refractivity contribution in [2.75, 3.05) is 6.54 Å². The van der Waals surface area contributed by atoms with Gasteiger partial charge in [0.25, 0.3) is 0 Å². The summed E-state index contributed by atoms with van der Waals surface area (Å²) < 4.78 is 0. The summed E-state index contributed by atoms with van der Waals surface area (Å²) in [6.45, 7) is 7.73. The van der Waals surface area contributed by atoms with Gasteiger partial charge in [-0.15, -0.1) is 0 Å². The van der Waals surface area contributed by atoms with Crippen molar-refractivity contribution in [3.63, 3.8) is 0 Å². The molecular formula is C17H28N2. The van der Waals surface area contributed by atoms with Crippen LogP contribution in [0.5, 0.6) is 0 Å². The number of aryl methyl sites for hydroxylation is 1. The molecule has 19 heavy (non-hydrogen) atoms. The number of hydrogen-bond donors (Lipinski definition) is 1. The molecule has 0 aromatic carbocycles. The average Bonchev–Trinajstić information content (AvgIpc) is 2.91. The van der Waals surface area contributed by atoms with Crippen molar-refractivity contribution < 1.29 is 0 Å². The van der Waals surface area contributed by atoms with Crippen LogP contribution >= 0.6 is 0 Å². The maximum Gasteiger partial charge on any atom is 0.0419 e. The smallest absolute Gasteiger partial charge is 0.0419 e. The van der Waals surface area contributed by atoms with Crippen LogP contribution in [0.3, 0.4) is 0 Å². The van der Waals surface area contributed by atoms with E-state index in [0.717, 1.165) is 13.0 Å². The molecule has 1 aromatic rings. The SMILES string of the molecule is CCNC(Cc1ccc(C)cn1)C1(CC)CCCC1. The molecular weight excluding hydrogens is 232 g/mol. The quantitative estimate of drug-likeness (QED) is 0.839. The largest absolute Gasteiger partial charge is 0.313 e. The van der Waals surface area contributed by atoms with Crippen LogP contribution in [0.4, 0.5) is 0 Å². The first kappa shape index (κ1) is 14.5. The first-order valence-corrected chi connectivity index (χ1v) is 7.85. The summed E-state index contributed by atoms with van der Waals surface area (Å²) in [4.78, 5) is 4.60. The zero-order chi connectivity index (χ0) is 13.7. The second-order valence-corrected chi connectivity index (χ2v) is 6.06. The van der Waals surface area contributed by atoms with Gasteiger partial charge < -0.3 is 5.32 Å². The Morgan fingerprint density at radius 3 is 2.53 bits per heavy atom. The highest BCUT2D eigenvalue weighted by Gasteiger charge is 2.39. The Hall–Kier alpha value is -0.890. The Bertz CT molecular complexity index is 377. The van der Waals surface area contributed by atoms with Crippen molar-refractivity contribution in [1.29, 1.82) is 0 Å². The van der Waals surface area contributed by atoms with Gasteiger partial charge in [0.1, 0.15) is 0 Å². The topological polar surface area (TPSA) is 24.9 Å². The van der Waals surface area contributed by atoms with Gasteiger partial charge in [-0.1, -0.05) is 32.8 Å². The van der Waals surface area contributed by atoms with Crippen molar-refractivity contribution in [1.82, 2.24) is 10.3 Å². The molecule has 0 radical (unpaired) electrons. The number of nitrogens with zero attached hydrogens (tertiary/aromatic N) is 1. The summed E-state index contributed by atoms with van der Waals surface area (Å²) in [6.07, 6.45) is 9.91. The van der Waals surface area contributed by atoms with E-state index >= 15 is 0 Å². The predicted molar refractivity (Wildman–Crippen MR) is 81.3 cm³/mol. The molecule has 1 atom stereocenters. The van der Waals surface area contributed by atoms with Crippen molar-refractivity contribution >= 4 is 0 Å². The Morgan fingerprint density at radius 2 is 2.00 bits per heavy atom. The molecule has 1 fully saturated rings. The molecule has 106 valence electrons. The molecule has 1 N–H and O–H groups in total. The van der Waals surface area contributed by atoms with Gasteiger partial charge >= 0.3 is 0 Å². The van der Waals surface area contributed by atoms with Crippen LogP contribution in [0, 0.1) is 12.3 Å². The van der Waals surface area contributed by atoms with Crippen LogP contribution in [0.2, 0.25) is 0 Å². The third kappa shape index (κ3) is 3.36. The number of rotatable bonds is 6. The van der Waals surface area contributed by atoms with E-state index in [9.17, 15) is 0 Å². The molecule has 1 aromatic heterocycles. The van der Waals surface area contributed by atoms with E-state index in [-0.39, 0.29) is 0 Å². The van der Waals surface area contributed by atoms with Crippen molar-refractivity contribution in [3.8, 4) is 0 Å². The number of pyridine rings is 1. The fourth-order valence-corrected chi connectivity index (χ4v) is 3.61. The zero-order valence-electron chi connectivity index (χ0n) is 12.7. The molecule has 0 bridgehead atoms. The normalized spacial score (nSPS) is 19.5. The van der Waals surface area contributed by atoms with Crippen molar-refractivity contribution in [2.24, 2.45) is 5.41 Å². The van der Waals surface area contributed by atoms with Gasteiger partial charge in [0.2, 0.25) is 0 Å². The minimum atomic E-state index is 0.503. The van der Waals surface area contributed by atoms with Crippen LogP contribution in [0.15, 0.2) is 18.3 Å². The zero-order valence-corrected chi connectivity index (χ0v) is 12.7. The van der Waals surface area contributed by atoms with E-state index in [1.54, 1.807) is 0 Å². The predicted octanol–water partition coefficient (Wildman–Crippen LogP) is 3.88. The van der Waals surface area contributed by atoms with Gasteiger partial charge in [-0.25, -0.2) is 0 Å². The Balaban J connectivity index is 2.13. The third-order valence-electron chi connectivity index (χ3n) is 4.88. The average molecular weight is 260 g/mol. The highest BCUT2D eigenvalue weighted by atomic mass is 14.9. The van der Waals surface area contributed by atoms with Crippen molar-refractivity contribution in [2.45, 2.75) is 65.3 Å².